The smallest absolute Gasteiger partial charge is 0.231 e. The first-order valence-electron chi connectivity index (χ1n) is 3.46. The Labute approximate surface area is 61.5 Å². The first-order valence-corrected chi connectivity index (χ1v) is 3.46. The summed E-state index contributed by atoms with van der Waals surface area (Å²) in [6.07, 6.45) is 3.55. The molecule has 0 spiro atoms. The van der Waals surface area contributed by atoms with Gasteiger partial charge in [-0.25, -0.2) is 10.2 Å². The molecule has 1 aliphatic rings. The van der Waals surface area contributed by atoms with Crippen LogP contribution < -0.4 is 0 Å². The summed E-state index contributed by atoms with van der Waals surface area (Å²) in [6, 6.07) is 0.847. The number of likely N-dealkylation sites (tertiary alicyclic amines) is 1. The van der Waals surface area contributed by atoms with Gasteiger partial charge in [0.2, 0.25) is 6.08 Å². The van der Waals surface area contributed by atoms with Gasteiger partial charge in [0, 0.05) is 6.04 Å². The maximum absolute atomic E-state index is 8.35. The molecule has 1 rings (SSSR count). The van der Waals surface area contributed by atoms with Crippen LogP contribution in [0.2, 0.25) is 0 Å². The zero-order valence-electron chi connectivity index (χ0n) is 6.55. The summed E-state index contributed by atoms with van der Waals surface area (Å²) in [6.45, 7) is 3.59. The molecule has 1 saturated heterocycles. The van der Waals surface area contributed by atoms with Crippen LogP contribution in [0.4, 0.5) is 0 Å². The lowest BCUT2D eigenvalue weighted by molar-refractivity contribution is 0.331. The Hall–Kier alpha value is -0.660. The molecular weight excluding hydrogens is 128 g/mol. The molecule has 0 saturated carbocycles. The van der Waals surface area contributed by atoms with Gasteiger partial charge < -0.3 is 4.90 Å². The minimum atomic E-state index is 0.750. The van der Waals surface area contributed by atoms with Crippen molar-refractivity contribution < 1.29 is 4.79 Å². The Morgan fingerprint density at radius 2 is 2.20 bits per heavy atom. The van der Waals surface area contributed by atoms with E-state index < -0.39 is 0 Å². The number of nitrogens with zero attached hydrogens (tertiary/aromatic N) is 1. The SMILES string of the molecule is CC1CCCN1C.N=C=O. The molecule has 0 radical (unpaired) electrons. The van der Waals surface area contributed by atoms with Crippen molar-refractivity contribution in [1.82, 2.24) is 4.90 Å². The molecule has 0 aromatic rings. The molecule has 0 bridgehead atoms. The Kier molecular flexibility index (Phi) is 4.81. The molecule has 0 aliphatic carbocycles. The van der Waals surface area contributed by atoms with E-state index in [2.05, 4.69) is 18.9 Å². The summed E-state index contributed by atoms with van der Waals surface area (Å²) in [5.41, 5.74) is 0. The molecular formula is C7H14N2O. The van der Waals surface area contributed by atoms with Crippen LogP contribution in [0.1, 0.15) is 19.8 Å². The molecule has 0 aromatic heterocycles. The van der Waals surface area contributed by atoms with E-state index in [1.807, 2.05) is 0 Å². The van der Waals surface area contributed by atoms with E-state index >= 15 is 0 Å². The Balaban J connectivity index is 0.000000236. The molecule has 3 nitrogen and oxygen atoms in total. The van der Waals surface area contributed by atoms with Crippen LogP contribution >= 0.6 is 0 Å². The second-order valence-corrected chi connectivity index (χ2v) is 2.57. The van der Waals surface area contributed by atoms with Crippen molar-refractivity contribution >= 4 is 6.08 Å². The maximum atomic E-state index is 8.35. The standard InChI is InChI=1S/C6H13N.CHNO/c1-6-4-3-5-7(6)2;2-1-3/h6H,3-5H2,1-2H3;2H. The van der Waals surface area contributed by atoms with E-state index in [0.717, 1.165) is 12.1 Å². The third kappa shape index (κ3) is 3.38. The second kappa shape index (κ2) is 5.15. The summed E-state index contributed by atoms with van der Waals surface area (Å²) in [5, 5.41) is 5.40. The van der Waals surface area contributed by atoms with Crippen LogP contribution in [-0.2, 0) is 4.79 Å². The van der Waals surface area contributed by atoms with Crippen molar-refractivity contribution in [1.29, 1.82) is 5.41 Å². The van der Waals surface area contributed by atoms with Gasteiger partial charge >= 0.3 is 0 Å². The minimum Gasteiger partial charge on any atom is -0.304 e. The van der Waals surface area contributed by atoms with Crippen molar-refractivity contribution in [3.8, 4) is 0 Å². The molecule has 1 fully saturated rings. The second-order valence-electron chi connectivity index (χ2n) is 2.57. The summed E-state index contributed by atoms with van der Waals surface area (Å²) >= 11 is 0. The van der Waals surface area contributed by atoms with Gasteiger partial charge in [-0.2, -0.15) is 0 Å². The van der Waals surface area contributed by atoms with E-state index in [4.69, 9.17) is 10.2 Å². The molecule has 0 aromatic carbocycles. The highest BCUT2D eigenvalue weighted by molar-refractivity contribution is 5.26. The molecule has 58 valence electrons. The van der Waals surface area contributed by atoms with Crippen molar-refractivity contribution in [2.75, 3.05) is 13.6 Å². The normalized spacial score (nSPS) is 24.8. The molecule has 1 N–H and O–H groups in total. The van der Waals surface area contributed by atoms with Crippen LogP contribution in [0.5, 0.6) is 0 Å². The molecule has 0 amide bonds. The topological polar surface area (TPSA) is 44.2 Å². The third-order valence-corrected chi connectivity index (χ3v) is 1.89. The fourth-order valence-electron chi connectivity index (χ4n) is 1.08. The minimum absolute atomic E-state index is 0.750. The van der Waals surface area contributed by atoms with Crippen molar-refractivity contribution in [3.05, 3.63) is 0 Å². The van der Waals surface area contributed by atoms with Crippen molar-refractivity contribution in [2.24, 2.45) is 0 Å². The van der Waals surface area contributed by atoms with Crippen molar-refractivity contribution in [3.63, 3.8) is 0 Å². The first kappa shape index (κ1) is 9.34. The Bertz CT molecular complexity index is 111. The highest BCUT2D eigenvalue weighted by atomic mass is 16.1. The lowest BCUT2D eigenvalue weighted by atomic mass is 10.3. The number of hydrogen-bond donors (Lipinski definition) is 1. The first-order chi connectivity index (χ1) is 4.72. The van der Waals surface area contributed by atoms with E-state index in [1.165, 1.54) is 19.4 Å². The van der Waals surface area contributed by atoms with Gasteiger partial charge in [0.05, 0.1) is 0 Å². The van der Waals surface area contributed by atoms with Gasteiger partial charge in [-0.15, -0.1) is 0 Å². The van der Waals surface area contributed by atoms with Gasteiger partial charge in [-0.05, 0) is 33.4 Å². The molecule has 1 heterocycles. The van der Waals surface area contributed by atoms with Gasteiger partial charge in [-0.1, -0.05) is 0 Å². The fourth-order valence-corrected chi connectivity index (χ4v) is 1.08. The highest BCUT2D eigenvalue weighted by Crippen LogP contribution is 2.12. The van der Waals surface area contributed by atoms with Crippen LogP contribution in [-0.4, -0.2) is 30.6 Å². The van der Waals surface area contributed by atoms with Gasteiger partial charge in [-0.3, -0.25) is 0 Å². The number of isocyanates is 1. The summed E-state index contributed by atoms with van der Waals surface area (Å²) in [5.74, 6) is 0. The lowest BCUT2D eigenvalue weighted by Gasteiger charge is -2.12. The zero-order chi connectivity index (χ0) is 7.98. The molecule has 3 heteroatoms. The van der Waals surface area contributed by atoms with E-state index in [-0.39, 0.29) is 0 Å². The Morgan fingerprint density at radius 3 is 2.30 bits per heavy atom. The predicted octanol–water partition coefficient (Wildman–Crippen LogP) is 1.00. The van der Waals surface area contributed by atoms with Gasteiger partial charge in [0.25, 0.3) is 0 Å². The zero-order valence-corrected chi connectivity index (χ0v) is 6.55. The molecule has 1 unspecified atom stereocenters. The molecule has 1 atom stereocenters. The van der Waals surface area contributed by atoms with Gasteiger partial charge in [0.15, 0.2) is 0 Å². The summed E-state index contributed by atoms with van der Waals surface area (Å²) in [7, 11) is 2.19. The fraction of sp³-hybridized carbons (Fsp3) is 0.857. The number of hydrogen-bond acceptors (Lipinski definition) is 3. The van der Waals surface area contributed by atoms with Crippen LogP contribution in [0.3, 0.4) is 0 Å². The van der Waals surface area contributed by atoms with Gasteiger partial charge in [0.1, 0.15) is 0 Å². The largest absolute Gasteiger partial charge is 0.304 e. The molecule has 10 heavy (non-hydrogen) atoms. The Morgan fingerprint density at radius 1 is 1.70 bits per heavy atom. The quantitative estimate of drug-likeness (QED) is 0.405. The van der Waals surface area contributed by atoms with Crippen LogP contribution in [0, 0.1) is 5.41 Å². The van der Waals surface area contributed by atoms with E-state index in [0.29, 0.717) is 0 Å². The van der Waals surface area contributed by atoms with Crippen molar-refractivity contribution in [2.45, 2.75) is 25.8 Å². The monoisotopic (exact) mass is 142 g/mol. The predicted molar refractivity (Wildman–Crippen MR) is 39.7 cm³/mol. The van der Waals surface area contributed by atoms with Crippen LogP contribution in [0.15, 0.2) is 0 Å². The van der Waals surface area contributed by atoms with Crippen LogP contribution in [0.25, 0.3) is 0 Å². The number of rotatable bonds is 0. The molecule has 1 aliphatic heterocycles. The maximum Gasteiger partial charge on any atom is 0.231 e. The summed E-state index contributed by atoms with van der Waals surface area (Å²) < 4.78 is 0. The van der Waals surface area contributed by atoms with E-state index in [9.17, 15) is 0 Å². The third-order valence-electron chi connectivity index (χ3n) is 1.89. The average Bonchev–Trinajstić information content (AvgIpc) is 2.19. The number of nitrogens with one attached hydrogen (secondary N) is 1. The number of carbonyl (C=O) groups excluding carboxylic acids is 1. The highest BCUT2D eigenvalue weighted by Gasteiger charge is 2.14. The average molecular weight is 142 g/mol. The van der Waals surface area contributed by atoms with E-state index in [1.54, 1.807) is 0 Å². The lowest BCUT2D eigenvalue weighted by Crippen LogP contribution is -2.20. The summed E-state index contributed by atoms with van der Waals surface area (Å²) in [4.78, 5) is 10.8.